The van der Waals surface area contributed by atoms with Gasteiger partial charge in [-0.3, -0.25) is 4.79 Å². The number of rotatable bonds is 6. The van der Waals surface area contributed by atoms with E-state index < -0.39 is 11.7 Å². The van der Waals surface area contributed by atoms with E-state index in [-0.39, 0.29) is 11.7 Å². The smallest absolute Gasteiger partial charge is 0.235 e. The molecule has 0 aliphatic heterocycles. The number of hydrogen-bond donors (Lipinski definition) is 2. The molecule has 1 aromatic heterocycles. The van der Waals surface area contributed by atoms with Crippen LogP contribution in [-0.2, 0) is 11.2 Å². The Labute approximate surface area is 143 Å². The molecule has 2 aromatic carbocycles. The second-order valence-corrected chi connectivity index (χ2v) is 5.37. The van der Waals surface area contributed by atoms with Gasteiger partial charge < -0.3 is 10.1 Å². The van der Waals surface area contributed by atoms with E-state index in [2.05, 4.69) is 25.9 Å². The molecule has 7 nitrogen and oxygen atoms in total. The molecule has 25 heavy (non-hydrogen) atoms. The van der Waals surface area contributed by atoms with Crippen molar-refractivity contribution >= 4 is 11.6 Å². The van der Waals surface area contributed by atoms with E-state index in [1.807, 2.05) is 24.3 Å². The molecule has 0 bridgehead atoms. The van der Waals surface area contributed by atoms with Crippen molar-refractivity contribution in [2.75, 3.05) is 12.4 Å². The maximum absolute atomic E-state index is 13.3. The number of hydrogen-bond acceptors (Lipinski definition) is 5. The normalized spacial score (nSPS) is 11.8. The third kappa shape index (κ3) is 4.17. The molecule has 1 unspecified atom stereocenters. The van der Waals surface area contributed by atoms with E-state index >= 15 is 0 Å². The summed E-state index contributed by atoms with van der Waals surface area (Å²) in [5, 5.41) is 16.4. The van der Waals surface area contributed by atoms with E-state index in [9.17, 15) is 9.18 Å². The van der Waals surface area contributed by atoms with Gasteiger partial charge in [-0.1, -0.05) is 23.4 Å². The quantitative estimate of drug-likeness (QED) is 0.718. The summed E-state index contributed by atoms with van der Waals surface area (Å²) in [5.74, 6) is -0.448. The largest absolute Gasteiger partial charge is 0.497 e. The lowest BCUT2D eigenvalue weighted by Gasteiger charge is -2.14. The van der Waals surface area contributed by atoms with Crippen LogP contribution in [0.5, 0.6) is 5.75 Å². The molecule has 0 saturated heterocycles. The summed E-state index contributed by atoms with van der Waals surface area (Å²) in [7, 11) is 1.59. The van der Waals surface area contributed by atoms with Crippen molar-refractivity contribution < 1.29 is 13.9 Å². The Kier molecular flexibility index (Phi) is 4.98. The summed E-state index contributed by atoms with van der Waals surface area (Å²) in [5.41, 5.74) is 1.28. The number of amides is 1. The summed E-state index contributed by atoms with van der Waals surface area (Å²) in [6, 6.07) is 13.0. The summed E-state index contributed by atoms with van der Waals surface area (Å²) in [6.07, 6.45) is 0.366. The van der Waals surface area contributed by atoms with Crippen molar-refractivity contribution in [3.63, 3.8) is 0 Å². The van der Waals surface area contributed by atoms with Crippen LogP contribution in [0.25, 0.3) is 0 Å². The van der Waals surface area contributed by atoms with Gasteiger partial charge in [-0.25, -0.2) is 4.39 Å². The fourth-order valence-electron chi connectivity index (χ4n) is 2.41. The second kappa shape index (κ2) is 7.52. The number of methoxy groups -OCH3 is 1. The van der Waals surface area contributed by atoms with Crippen LogP contribution < -0.4 is 10.1 Å². The molecule has 8 heteroatoms. The minimum absolute atomic E-state index is 0.268. The first-order chi connectivity index (χ1) is 12.2. The number of ether oxygens (including phenoxy) is 1. The standard InChI is InChI=1S/C17H16FN5O2/c1-25-14-7-5-11(6-8-14)9-15(16-20-22-23-21-16)17(24)19-13-4-2-3-12(18)10-13/h2-8,10,15H,9H2,1H3,(H,19,24)(H,20,21,22,23). The van der Waals surface area contributed by atoms with E-state index in [1.165, 1.54) is 18.2 Å². The van der Waals surface area contributed by atoms with E-state index in [0.717, 1.165) is 11.3 Å². The summed E-state index contributed by atoms with van der Waals surface area (Å²) in [6.45, 7) is 0. The van der Waals surface area contributed by atoms with Gasteiger partial charge in [-0.05, 0) is 42.3 Å². The molecule has 0 radical (unpaired) electrons. The zero-order chi connectivity index (χ0) is 17.6. The Bertz CT molecular complexity index is 837. The Hall–Kier alpha value is -3.29. The monoisotopic (exact) mass is 341 g/mol. The minimum atomic E-state index is -0.671. The molecule has 3 rings (SSSR count). The van der Waals surface area contributed by atoms with Crippen LogP contribution in [0.3, 0.4) is 0 Å². The van der Waals surface area contributed by atoms with Crippen molar-refractivity contribution in [3.05, 3.63) is 65.7 Å². The van der Waals surface area contributed by atoms with Crippen LogP contribution >= 0.6 is 0 Å². The Morgan fingerprint density at radius 3 is 2.72 bits per heavy atom. The first-order valence-electron chi connectivity index (χ1n) is 7.58. The summed E-state index contributed by atoms with van der Waals surface area (Å²) < 4.78 is 18.4. The number of H-pyrrole nitrogens is 1. The van der Waals surface area contributed by atoms with E-state index in [1.54, 1.807) is 13.2 Å². The average Bonchev–Trinajstić information content (AvgIpc) is 3.14. The van der Waals surface area contributed by atoms with Gasteiger partial charge in [0.1, 0.15) is 17.5 Å². The molecule has 0 aliphatic carbocycles. The summed E-state index contributed by atoms with van der Waals surface area (Å²) in [4.78, 5) is 12.7. The van der Waals surface area contributed by atoms with Gasteiger partial charge in [0.2, 0.25) is 5.91 Å². The van der Waals surface area contributed by atoms with Gasteiger partial charge in [-0.15, -0.1) is 10.2 Å². The fraction of sp³-hybridized carbons (Fsp3) is 0.176. The second-order valence-electron chi connectivity index (χ2n) is 5.37. The summed E-state index contributed by atoms with van der Waals surface area (Å²) >= 11 is 0. The zero-order valence-electron chi connectivity index (χ0n) is 13.4. The number of anilines is 1. The van der Waals surface area contributed by atoms with E-state index in [4.69, 9.17) is 4.74 Å². The Morgan fingerprint density at radius 1 is 1.28 bits per heavy atom. The third-order valence-corrected chi connectivity index (χ3v) is 3.68. The van der Waals surface area contributed by atoms with Gasteiger partial charge in [0, 0.05) is 5.69 Å². The Balaban J connectivity index is 1.80. The van der Waals surface area contributed by atoms with Gasteiger partial charge in [0.15, 0.2) is 5.82 Å². The number of aromatic nitrogens is 4. The molecule has 0 spiro atoms. The fourth-order valence-corrected chi connectivity index (χ4v) is 2.41. The zero-order valence-corrected chi connectivity index (χ0v) is 13.4. The van der Waals surface area contributed by atoms with Crippen LogP contribution in [0.15, 0.2) is 48.5 Å². The number of benzene rings is 2. The molecule has 0 fully saturated rings. The van der Waals surface area contributed by atoms with Crippen LogP contribution in [0.1, 0.15) is 17.3 Å². The maximum Gasteiger partial charge on any atom is 0.235 e. The van der Waals surface area contributed by atoms with Crippen molar-refractivity contribution in [3.8, 4) is 5.75 Å². The lowest BCUT2D eigenvalue weighted by Crippen LogP contribution is -2.24. The SMILES string of the molecule is COc1ccc(CC(C(=O)Nc2cccc(F)c2)c2nn[nH]n2)cc1. The molecule has 0 aliphatic rings. The van der Waals surface area contributed by atoms with Crippen LogP contribution in [0.4, 0.5) is 10.1 Å². The highest BCUT2D eigenvalue weighted by atomic mass is 19.1. The van der Waals surface area contributed by atoms with Gasteiger partial charge >= 0.3 is 0 Å². The number of tetrazole rings is 1. The van der Waals surface area contributed by atoms with Crippen LogP contribution in [0, 0.1) is 5.82 Å². The average molecular weight is 341 g/mol. The first kappa shape index (κ1) is 16.6. The molecular formula is C17H16FN5O2. The predicted octanol–water partition coefficient (Wildman–Crippen LogP) is 2.31. The number of nitrogens with zero attached hydrogens (tertiary/aromatic N) is 3. The third-order valence-electron chi connectivity index (χ3n) is 3.68. The molecule has 128 valence electrons. The highest BCUT2D eigenvalue weighted by molar-refractivity contribution is 5.95. The molecule has 1 atom stereocenters. The lowest BCUT2D eigenvalue weighted by molar-refractivity contribution is -0.117. The van der Waals surface area contributed by atoms with Gasteiger partial charge in [-0.2, -0.15) is 5.21 Å². The lowest BCUT2D eigenvalue weighted by atomic mass is 9.97. The van der Waals surface area contributed by atoms with Crippen molar-refractivity contribution in [2.24, 2.45) is 0 Å². The first-order valence-corrected chi connectivity index (χ1v) is 7.58. The highest BCUT2D eigenvalue weighted by Gasteiger charge is 2.25. The number of halogens is 1. The van der Waals surface area contributed by atoms with Crippen LogP contribution in [0.2, 0.25) is 0 Å². The van der Waals surface area contributed by atoms with Crippen molar-refractivity contribution in [1.82, 2.24) is 20.6 Å². The van der Waals surface area contributed by atoms with E-state index in [0.29, 0.717) is 12.1 Å². The number of carbonyl (C=O) groups excluding carboxylic acids is 1. The van der Waals surface area contributed by atoms with Gasteiger partial charge in [0.25, 0.3) is 0 Å². The molecule has 1 heterocycles. The molecule has 2 N–H and O–H groups in total. The maximum atomic E-state index is 13.3. The Morgan fingerprint density at radius 2 is 2.08 bits per heavy atom. The molecule has 3 aromatic rings. The van der Waals surface area contributed by atoms with Crippen LogP contribution in [-0.4, -0.2) is 33.6 Å². The molecule has 0 saturated carbocycles. The topological polar surface area (TPSA) is 92.8 Å². The van der Waals surface area contributed by atoms with Gasteiger partial charge in [0.05, 0.1) is 7.11 Å². The van der Waals surface area contributed by atoms with Crippen molar-refractivity contribution in [2.45, 2.75) is 12.3 Å². The predicted molar refractivity (Wildman–Crippen MR) is 88.6 cm³/mol. The number of nitrogens with one attached hydrogen (secondary N) is 2. The van der Waals surface area contributed by atoms with Crippen molar-refractivity contribution in [1.29, 1.82) is 0 Å². The number of aromatic amines is 1. The molecular weight excluding hydrogens is 325 g/mol. The minimum Gasteiger partial charge on any atom is -0.497 e. The highest BCUT2D eigenvalue weighted by Crippen LogP contribution is 2.22. The molecule has 1 amide bonds. The number of carbonyl (C=O) groups is 1.